The van der Waals surface area contributed by atoms with E-state index in [9.17, 15) is 13.2 Å². The summed E-state index contributed by atoms with van der Waals surface area (Å²) in [5.41, 5.74) is -0.104. The maximum absolute atomic E-state index is 13.1. The zero-order valence-corrected chi connectivity index (χ0v) is 14.9. The molecule has 1 aliphatic heterocycles. The van der Waals surface area contributed by atoms with Crippen LogP contribution in [-0.4, -0.2) is 44.6 Å². The maximum atomic E-state index is 13.1. The highest BCUT2D eigenvalue weighted by atomic mass is 32.2. The van der Waals surface area contributed by atoms with Gasteiger partial charge in [0.15, 0.2) is 17.0 Å². The third-order valence-electron chi connectivity index (χ3n) is 4.16. The number of hydrogen-bond acceptors (Lipinski definition) is 7. The second kappa shape index (κ2) is 7.31. The summed E-state index contributed by atoms with van der Waals surface area (Å²) >= 11 is 0.866. The van der Waals surface area contributed by atoms with Crippen molar-refractivity contribution in [1.82, 2.24) is 30.2 Å². The Morgan fingerprint density at radius 3 is 2.93 bits per heavy atom. The van der Waals surface area contributed by atoms with E-state index in [0.29, 0.717) is 28.2 Å². The van der Waals surface area contributed by atoms with Crippen LogP contribution in [-0.2, 0) is 6.18 Å². The van der Waals surface area contributed by atoms with Crippen molar-refractivity contribution in [2.24, 2.45) is 5.92 Å². The molecule has 1 fully saturated rings. The number of hydrogen-bond donors (Lipinski definition) is 3. The molecule has 0 aliphatic carbocycles. The molecule has 1 atom stereocenters. The molecule has 1 aliphatic rings. The molecule has 0 spiro atoms. The van der Waals surface area contributed by atoms with Gasteiger partial charge in [0.2, 0.25) is 5.95 Å². The van der Waals surface area contributed by atoms with Crippen LogP contribution in [0.4, 0.5) is 19.1 Å². The zero-order valence-electron chi connectivity index (χ0n) is 14.0. The molecule has 27 heavy (non-hydrogen) atoms. The Balaban J connectivity index is 1.52. The average Bonchev–Trinajstić information content (AvgIpc) is 3.28. The monoisotopic (exact) mass is 395 g/mol. The number of nitrogens with zero attached hydrogens (tertiary/aromatic N) is 4. The lowest BCUT2D eigenvalue weighted by Gasteiger charge is -2.10. The smallest absolute Gasteiger partial charge is 0.355 e. The summed E-state index contributed by atoms with van der Waals surface area (Å²) in [6, 6.07) is 2.82. The summed E-state index contributed by atoms with van der Waals surface area (Å²) in [6.07, 6.45) is -0.890. The van der Waals surface area contributed by atoms with E-state index in [-0.39, 0.29) is 4.90 Å². The molecule has 4 rings (SSSR count). The molecule has 142 valence electrons. The number of pyridine rings is 1. The van der Waals surface area contributed by atoms with E-state index in [4.69, 9.17) is 0 Å². The van der Waals surface area contributed by atoms with Crippen molar-refractivity contribution in [2.45, 2.75) is 22.5 Å². The van der Waals surface area contributed by atoms with E-state index < -0.39 is 11.9 Å². The van der Waals surface area contributed by atoms with E-state index in [0.717, 1.165) is 44.0 Å². The predicted octanol–water partition coefficient (Wildman–Crippen LogP) is 2.94. The quantitative estimate of drug-likeness (QED) is 0.612. The van der Waals surface area contributed by atoms with Crippen LogP contribution in [0.15, 0.2) is 34.4 Å². The second-order valence-corrected chi connectivity index (χ2v) is 7.22. The Kier molecular flexibility index (Phi) is 4.87. The SMILES string of the molecule is FC(F)(F)c1ncccc1Sc1cnc2nc(NCC3CCNC3)[nH]c2n1. The summed E-state index contributed by atoms with van der Waals surface area (Å²) in [7, 11) is 0. The molecule has 0 aromatic carbocycles. The third kappa shape index (κ3) is 4.14. The maximum Gasteiger partial charge on any atom is 0.434 e. The number of halogens is 3. The van der Waals surface area contributed by atoms with Crippen LogP contribution in [0.25, 0.3) is 11.3 Å². The molecule has 3 aromatic rings. The minimum atomic E-state index is -4.53. The molecule has 3 N–H and O–H groups in total. The Morgan fingerprint density at radius 2 is 2.15 bits per heavy atom. The van der Waals surface area contributed by atoms with Crippen LogP contribution in [0.3, 0.4) is 0 Å². The van der Waals surface area contributed by atoms with Crippen LogP contribution < -0.4 is 10.6 Å². The summed E-state index contributed by atoms with van der Waals surface area (Å²) in [5.74, 6) is 1.09. The van der Waals surface area contributed by atoms with Gasteiger partial charge in [-0.3, -0.25) is 4.98 Å². The van der Waals surface area contributed by atoms with Crippen molar-refractivity contribution in [3.63, 3.8) is 0 Å². The van der Waals surface area contributed by atoms with Crippen molar-refractivity contribution < 1.29 is 13.2 Å². The van der Waals surface area contributed by atoms with Gasteiger partial charge in [0.25, 0.3) is 0 Å². The third-order valence-corrected chi connectivity index (χ3v) is 5.12. The highest BCUT2D eigenvalue weighted by Gasteiger charge is 2.35. The second-order valence-electron chi connectivity index (χ2n) is 6.16. The fourth-order valence-electron chi connectivity index (χ4n) is 2.84. The van der Waals surface area contributed by atoms with Crippen molar-refractivity contribution >= 4 is 29.0 Å². The molecule has 0 radical (unpaired) electrons. The van der Waals surface area contributed by atoms with Gasteiger partial charge in [-0.2, -0.15) is 18.2 Å². The van der Waals surface area contributed by atoms with Crippen molar-refractivity contribution in [1.29, 1.82) is 0 Å². The van der Waals surface area contributed by atoms with Crippen LogP contribution in [0.5, 0.6) is 0 Å². The van der Waals surface area contributed by atoms with Gasteiger partial charge in [0.1, 0.15) is 5.03 Å². The molecular formula is C16H16F3N7S. The normalized spacial score (nSPS) is 17.5. The van der Waals surface area contributed by atoms with Crippen molar-refractivity contribution in [3.8, 4) is 0 Å². The Hall–Kier alpha value is -2.40. The fraction of sp³-hybridized carbons (Fsp3) is 0.375. The van der Waals surface area contributed by atoms with E-state index in [1.165, 1.54) is 18.3 Å². The number of aromatic amines is 1. The van der Waals surface area contributed by atoms with Gasteiger partial charge in [-0.25, -0.2) is 9.97 Å². The van der Waals surface area contributed by atoms with Crippen LogP contribution in [0.1, 0.15) is 12.1 Å². The van der Waals surface area contributed by atoms with Gasteiger partial charge in [-0.15, -0.1) is 0 Å². The Bertz CT molecular complexity index is 937. The molecule has 0 amide bonds. The molecule has 0 bridgehead atoms. The molecule has 11 heteroatoms. The first kappa shape index (κ1) is 18.0. The molecule has 7 nitrogen and oxygen atoms in total. The molecular weight excluding hydrogens is 379 g/mol. The number of H-pyrrole nitrogens is 1. The van der Waals surface area contributed by atoms with E-state index in [2.05, 4.69) is 35.6 Å². The summed E-state index contributed by atoms with van der Waals surface area (Å²) < 4.78 is 39.2. The summed E-state index contributed by atoms with van der Waals surface area (Å²) in [6.45, 7) is 2.76. The standard InChI is InChI=1S/C16H16F3N7S/c17-16(18,19)12-10(2-1-4-21-12)27-11-8-22-13-14(24-11)26-15(25-13)23-7-9-3-5-20-6-9/h1-2,4,8-9,20H,3,5-7H2,(H2,22,23,24,25,26). The number of nitrogens with one attached hydrogen (secondary N) is 3. The first-order valence-corrected chi connectivity index (χ1v) is 9.18. The van der Waals surface area contributed by atoms with E-state index in [1.54, 1.807) is 0 Å². The van der Waals surface area contributed by atoms with E-state index >= 15 is 0 Å². The lowest BCUT2D eigenvalue weighted by atomic mass is 10.1. The molecule has 1 unspecified atom stereocenters. The minimum Gasteiger partial charge on any atom is -0.355 e. The van der Waals surface area contributed by atoms with Gasteiger partial charge in [-0.1, -0.05) is 11.8 Å². The highest BCUT2D eigenvalue weighted by molar-refractivity contribution is 7.99. The lowest BCUT2D eigenvalue weighted by molar-refractivity contribution is -0.143. The molecule has 1 saturated heterocycles. The molecule has 4 heterocycles. The van der Waals surface area contributed by atoms with Gasteiger partial charge >= 0.3 is 6.18 Å². The number of anilines is 1. The number of alkyl halides is 3. The van der Waals surface area contributed by atoms with Gasteiger partial charge < -0.3 is 15.6 Å². The minimum absolute atomic E-state index is 0.0229. The molecule has 3 aromatic heterocycles. The summed E-state index contributed by atoms with van der Waals surface area (Å²) in [4.78, 5) is 19.3. The van der Waals surface area contributed by atoms with Crippen molar-refractivity contribution in [2.75, 3.05) is 25.0 Å². The van der Waals surface area contributed by atoms with Crippen molar-refractivity contribution in [3.05, 3.63) is 30.2 Å². The summed E-state index contributed by atoms with van der Waals surface area (Å²) in [5, 5.41) is 6.85. The van der Waals surface area contributed by atoms with Gasteiger partial charge in [0, 0.05) is 17.6 Å². The lowest BCUT2D eigenvalue weighted by Crippen LogP contribution is -2.17. The largest absolute Gasteiger partial charge is 0.434 e. The first-order valence-electron chi connectivity index (χ1n) is 8.36. The topological polar surface area (TPSA) is 91.4 Å². The number of imidazole rings is 1. The number of rotatable bonds is 5. The number of fused-ring (bicyclic) bond motifs is 1. The predicted molar refractivity (Wildman–Crippen MR) is 94.5 cm³/mol. The molecule has 0 saturated carbocycles. The first-order chi connectivity index (χ1) is 13.0. The van der Waals surface area contributed by atoms with Crippen LogP contribution >= 0.6 is 11.8 Å². The highest BCUT2D eigenvalue weighted by Crippen LogP contribution is 2.37. The van der Waals surface area contributed by atoms with Crippen LogP contribution in [0.2, 0.25) is 0 Å². The van der Waals surface area contributed by atoms with E-state index in [1.807, 2.05) is 0 Å². The van der Waals surface area contributed by atoms with Gasteiger partial charge in [-0.05, 0) is 37.6 Å². The fourth-order valence-corrected chi connectivity index (χ4v) is 3.72. The zero-order chi connectivity index (χ0) is 18.9. The number of aromatic nitrogens is 5. The Morgan fingerprint density at radius 1 is 1.26 bits per heavy atom. The van der Waals surface area contributed by atoms with Gasteiger partial charge in [0.05, 0.1) is 6.20 Å². The van der Waals surface area contributed by atoms with Crippen LogP contribution in [0, 0.1) is 5.92 Å². The average molecular weight is 395 g/mol. The Labute approximate surface area is 156 Å².